The van der Waals surface area contributed by atoms with Crippen LogP contribution in [-0.4, -0.2) is 6.29 Å². The SMILES string of the molecule is CC(C)(C=O)c1csc(Br)c1. The third-order valence-electron chi connectivity index (χ3n) is 1.61. The fourth-order valence-electron chi connectivity index (χ4n) is 0.716. The van der Waals surface area contributed by atoms with Gasteiger partial charge in [0.25, 0.3) is 0 Å². The molecule has 0 radical (unpaired) electrons. The van der Waals surface area contributed by atoms with Crippen LogP contribution >= 0.6 is 27.3 Å². The van der Waals surface area contributed by atoms with Gasteiger partial charge in [0.1, 0.15) is 6.29 Å². The number of halogens is 1. The number of carbonyl (C=O) groups excluding carboxylic acids is 1. The van der Waals surface area contributed by atoms with E-state index in [9.17, 15) is 4.79 Å². The van der Waals surface area contributed by atoms with Crippen LogP contribution in [0.5, 0.6) is 0 Å². The van der Waals surface area contributed by atoms with Crippen molar-refractivity contribution in [1.29, 1.82) is 0 Å². The van der Waals surface area contributed by atoms with Gasteiger partial charge in [0.05, 0.1) is 3.79 Å². The molecule has 0 spiro atoms. The minimum atomic E-state index is -0.345. The Morgan fingerprint density at radius 3 is 2.64 bits per heavy atom. The first kappa shape index (κ1) is 8.94. The summed E-state index contributed by atoms with van der Waals surface area (Å²) in [6.07, 6.45) is 0.974. The van der Waals surface area contributed by atoms with Gasteiger partial charge in [0.15, 0.2) is 0 Å². The number of hydrogen-bond donors (Lipinski definition) is 0. The van der Waals surface area contributed by atoms with Crippen molar-refractivity contribution in [2.75, 3.05) is 0 Å². The molecular weight excluding hydrogens is 224 g/mol. The monoisotopic (exact) mass is 232 g/mol. The lowest BCUT2D eigenvalue weighted by molar-refractivity contribution is -0.111. The van der Waals surface area contributed by atoms with Gasteiger partial charge in [0.2, 0.25) is 0 Å². The Balaban J connectivity index is 3.01. The van der Waals surface area contributed by atoms with E-state index in [1.54, 1.807) is 11.3 Å². The van der Waals surface area contributed by atoms with E-state index in [0.717, 1.165) is 15.6 Å². The third-order valence-corrected chi connectivity index (χ3v) is 3.11. The van der Waals surface area contributed by atoms with Crippen molar-refractivity contribution in [3.05, 3.63) is 20.8 Å². The van der Waals surface area contributed by atoms with Gasteiger partial charge in [-0.1, -0.05) is 0 Å². The molecule has 0 unspecified atom stereocenters. The molecule has 0 amide bonds. The molecule has 1 nitrogen and oxygen atoms in total. The van der Waals surface area contributed by atoms with Gasteiger partial charge in [-0.15, -0.1) is 11.3 Å². The summed E-state index contributed by atoms with van der Waals surface area (Å²) in [7, 11) is 0. The summed E-state index contributed by atoms with van der Waals surface area (Å²) in [5, 5.41) is 2.00. The molecule has 0 aromatic carbocycles. The van der Waals surface area contributed by atoms with Gasteiger partial charge in [-0.2, -0.15) is 0 Å². The fourth-order valence-corrected chi connectivity index (χ4v) is 2.05. The minimum Gasteiger partial charge on any atom is -0.302 e. The molecule has 3 heteroatoms. The highest BCUT2D eigenvalue weighted by Gasteiger charge is 2.20. The Hall–Kier alpha value is -0.150. The van der Waals surface area contributed by atoms with E-state index in [1.807, 2.05) is 25.3 Å². The molecule has 0 N–H and O–H groups in total. The van der Waals surface area contributed by atoms with Gasteiger partial charge in [-0.3, -0.25) is 0 Å². The zero-order valence-electron chi connectivity index (χ0n) is 6.43. The van der Waals surface area contributed by atoms with E-state index < -0.39 is 0 Å². The summed E-state index contributed by atoms with van der Waals surface area (Å²) < 4.78 is 1.07. The van der Waals surface area contributed by atoms with Gasteiger partial charge in [0, 0.05) is 5.41 Å². The lowest BCUT2D eigenvalue weighted by Gasteiger charge is -2.13. The van der Waals surface area contributed by atoms with Gasteiger partial charge in [-0.25, -0.2) is 0 Å². The topological polar surface area (TPSA) is 17.1 Å². The van der Waals surface area contributed by atoms with E-state index in [2.05, 4.69) is 15.9 Å². The quantitative estimate of drug-likeness (QED) is 0.717. The smallest absolute Gasteiger partial charge is 0.129 e. The maximum absolute atomic E-state index is 10.6. The van der Waals surface area contributed by atoms with E-state index >= 15 is 0 Å². The van der Waals surface area contributed by atoms with Crippen LogP contribution in [-0.2, 0) is 10.2 Å². The largest absolute Gasteiger partial charge is 0.302 e. The Labute approximate surface area is 78.6 Å². The highest BCUT2D eigenvalue weighted by atomic mass is 79.9. The molecule has 0 fully saturated rings. The minimum absolute atomic E-state index is 0.345. The van der Waals surface area contributed by atoms with Crippen LogP contribution in [0.4, 0.5) is 0 Å². The number of thiophene rings is 1. The van der Waals surface area contributed by atoms with Crippen molar-refractivity contribution in [2.24, 2.45) is 0 Å². The van der Waals surface area contributed by atoms with Crippen LogP contribution in [0.15, 0.2) is 15.2 Å². The van der Waals surface area contributed by atoms with Gasteiger partial charge >= 0.3 is 0 Å². The second-order valence-electron chi connectivity index (χ2n) is 2.98. The van der Waals surface area contributed by atoms with Crippen molar-refractivity contribution in [1.82, 2.24) is 0 Å². The Morgan fingerprint density at radius 1 is 1.64 bits per heavy atom. The maximum atomic E-state index is 10.6. The van der Waals surface area contributed by atoms with Crippen LogP contribution < -0.4 is 0 Å². The van der Waals surface area contributed by atoms with Crippen LogP contribution in [0.2, 0.25) is 0 Å². The molecule has 11 heavy (non-hydrogen) atoms. The first-order chi connectivity index (χ1) is 5.06. The van der Waals surface area contributed by atoms with E-state index in [1.165, 1.54) is 0 Å². The lowest BCUT2D eigenvalue weighted by Crippen LogP contribution is -2.17. The number of hydrogen-bond acceptors (Lipinski definition) is 2. The molecule has 1 rings (SSSR count). The third kappa shape index (κ3) is 1.91. The van der Waals surface area contributed by atoms with E-state index in [0.29, 0.717) is 0 Å². The first-order valence-electron chi connectivity index (χ1n) is 3.27. The van der Waals surface area contributed by atoms with Crippen LogP contribution in [0, 0.1) is 0 Å². The summed E-state index contributed by atoms with van der Waals surface area (Å²) in [6.45, 7) is 3.82. The standard InChI is InChI=1S/C8H9BrOS/c1-8(2,5-10)6-3-7(9)11-4-6/h3-5H,1-2H3. The summed E-state index contributed by atoms with van der Waals surface area (Å²) >= 11 is 4.96. The summed E-state index contributed by atoms with van der Waals surface area (Å²) in [5.74, 6) is 0. The van der Waals surface area contributed by atoms with Crippen molar-refractivity contribution in [3.8, 4) is 0 Å². The first-order valence-corrected chi connectivity index (χ1v) is 4.94. The average molecular weight is 233 g/mol. The maximum Gasteiger partial charge on any atom is 0.129 e. The van der Waals surface area contributed by atoms with Crippen molar-refractivity contribution >= 4 is 33.6 Å². The number of rotatable bonds is 2. The van der Waals surface area contributed by atoms with E-state index in [4.69, 9.17) is 0 Å². The van der Waals surface area contributed by atoms with E-state index in [-0.39, 0.29) is 5.41 Å². The fraction of sp³-hybridized carbons (Fsp3) is 0.375. The van der Waals surface area contributed by atoms with Crippen molar-refractivity contribution < 1.29 is 4.79 Å². The van der Waals surface area contributed by atoms with Crippen LogP contribution in [0.1, 0.15) is 19.4 Å². The Kier molecular flexibility index (Phi) is 2.50. The molecule has 0 aliphatic carbocycles. The summed E-state index contributed by atoms with van der Waals surface area (Å²) in [4.78, 5) is 10.6. The zero-order chi connectivity index (χ0) is 8.48. The molecule has 1 heterocycles. The van der Waals surface area contributed by atoms with Crippen molar-refractivity contribution in [2.45, 2.75) is 19.3 Å². The molecule has 1 aromatic rings. The predicted octanol–water partition coefficient (Wildman–Crippen LogP) is 2.99. The molecular formula is C8H9BrOS. The highest BCUT2D eigenvalue weighted by Crippen LogP contribution is 2.28. The second-order valence-corrected chi connectivity index (χ2v) is 5.27. The highest BCUT2D eigenvalue weighted by molar-refractivity contribution is 9.11. The number of carbonyl (C=O) groups is 1. The van der Waals surface area contributed by atoms with Gasteiger partial charge in [-0.05, 0) is 46.8 Å². The normalized spacial score (nSPS) is 11.5. The zero-order valence-corrected chi connectivity index (χ0v) is 8.83. The molecule has 1 aromatic heterocycles. The van der Waals surface area contributed by atoms with Crippen molar-refractivity contribution in [3.63, 3.8) is 0 Å². The number of aldehydes is 1. The molecule has 0 aliphatic heterocycles. The summed E-state index contributed by atoms with van der Waals surface area (Å²) in [6, 6.07) is 1.99. The molecule has 0 aliphatic rings. The Bertz CT molecular complexity index is 265. The average Bonchev–Trinajstić information content (AvgIpc) is 2.36. The second kappa shape index (κ2) is 3.07. The molecule has 0 saturated carbocycles. The molecule has 0 saturated heterocycles. The predicted molar refractivity (Wildman–Crippen MR) is 51.1 cm³/mol. The summed E-state index contributed by atoms with van der Waals surface area (Å²) in [5.41, 5.74) is 0.729. The van der Waals surface area contributed by atoms with Crippen LogP contribution in [0.25, 0.3) is 0 Å². The Morgan fingerprint density at radius 2 is 2.27 bits per heavy atom. The van der Waals surface area contributed by atoms with Gasteiger partial charge < -0.3 is 4.79 Å². The van der Waals surface area contributed by atoms with Crippen LogP contribution in [0.3, 0.4) is 0 Å². The molecule has 60 valence electrons. The molecule has 0 atom stereocenters. The molecule has 0 bridgehead atoms. The lowest BCUT2D eigenvalue weighted by atomic mass is 9.89.